The quantitative estimate of drug-likeness (QED) is 0.734. The van der Waals surface area contributed by atoms with E-state index in [0.717, 1.165) is 43.3 Å². The third kappa shape index (κ3) is 5.89. The third-order valence-corrected chi connectivity index (χ3v) is 4.87. The minimum Gasteiger partial charge on any atom is -0.494 e. The number of ether oxygens (including phenoxy) is 1. The van der Waals surface area contributed by atoms with Crippen molar-refractivity contribution in [2.24, 2.45) is 0 Å². The molecule has 0 unspecified atom stereocenters. The largest absolute Gasteiger partial charge is 0.494 e. The van der Waals surface area contributed by atoms with Gasteiger partial charge in [-0.25, -0.2) is 0 Å². The minimum absolute atomic E-state index is 0.00536. The lowest BCUT2D eigenvalue weighted by Gasteiger charge is -2.34. The highest BCUT2D eigenvalue weighted by atomic mass is 16.5. The van der Waals surface area contributed by atoms with Crippen molar-refractivity contribution in [1.29, 1.82) is 0 Å². The smallest absolute Gasteiger partial charge is 0.226 e. The number of nitrogens with zero attached hydrogens (tertiary/aromatic N) is 2. The Morgan fingerprint density at radius 2 is 1.61 bits per heavy atom. The van der Waals surface area contributed by atoms with Crippen LogP contribution < -0.4 is 20.3 Å². The average Bonchev–Trinajstić information content (AvgIpc) is 2.71. The molecule has 1 aliphatic rings. The molecule has 6 heteroatoms. The second-order valence-corrected chi connectivity index (χ2v) is 7.02. The summed E-state index contributed by atoms with van der Waals surface area (Å²) in [6.45, 7) is 7.45. The summed E-state index contributed by atoms with van der Waals surface area (Å²) >= 11 is 0. The maximum Gasteiger partial charge on any atom is 0.226 e. The number of amides is 1. The summed E-state index contributed by atoms with van der Waals surface area (Å²) in [6, 6.07) is 15.9. The molecule has 0 spiro atoms. The lowest BCUT2D eigenvalue weighted by atomic mass is 10.2. The van der Waals surface area contributed by atoms with Gasteiger partial charge in [-0.05, 0) is 62.5 Å². The van der Waals surface area contributed by atoms with E-state index in [0.29, 0.717) is 19.6 Å². The van der Waals surface area contributed by atoms with E-state index >= 15 is 0 Å². The molecule has 150 valence electrons. The summed E-state index contributed by atoms with van der Waals surface area (Å²) in [4.78, 5) is 16.9. The summed E-state index contributed by atoms with van der Waals surface area (Å²) in [5.74, 6) is 0.858. The van der Waals surface area contributed by atoms with Crippen LogP contribution in [0.15, 0.2) is 48.5 Å². The monoisotopic (exact) mass is 382 g/mol. The Morgan fingerprint density at radius 1 is 0.964 bits per heavy atom. The minimum atomic E-state index is 0.00536. The van der Waals surface area contributed by atoms with Crippen LogP contribution in [0.1, 0.15) is 13.3 Å². The first-order chi connectivity index (χ1) is 13.6. The van der Waals surface area contributed by atoms with Crippen LogP contribution in [0.2, 0.25) is 0 Å². The van der Waals surface area contributed by atoms with Crippen LogP contribution in [0.4, 0.5) is 17.1 Å². The van der Waals surface area contributed by atoms with Gasteiger partial charge >= 0.3 is 0 Å². The zero-order valence-corrected chi connectivity index (χ0v) is 16.8. The lowest BCUT2D eigenvalue weighted by Crippen LogP contribution is -2.44. The van der Waals surface area contributed by atoms with Gasteiger partial charge in [-0.2, -0.15) is 0 Å². The number of hydrogen-bond acceptors (Lipinski definition) is 5. The van der Waals surface area contributed by atoms with Crippen LogP contribution in [-0.4, -0.2) is 57.2 Å². The molecule has 2 aromatic rings. The Hall–Kier alpha value is -2.73. The molecular weight excluding hydrogens is 352 g/mol. The van der Waals surface area contributed by atoms with Crippen molar-refractivity contribution in [3.8, 4) is 5.75 Å². The molecule has 1 heterocycles. The van der Waals surface area contributed by atoms with Gasteiger partial charge in [-0.3, -0.25) is 4.79 Å². The number of carbonyl (C=O) groups excluding carboxylic acids is 1. The highest BCUT2D eigenvalue weighted by Gasteiger charge is 2.14. The van der Waals surface area contributed by atoms with Crippen molar-refractivity contribution in [2.75, 3.05) is 61.9 Å². The molecule has 1 amide bonds. The first kappa shape index (κ1) is 20.0. The fourth-order valence-corrected chi connectivity index (χ4v) is 3.20. The summed E-state index contributed by atoms with van der Waals surface area (Å²) in [5.41, 5.74) is 3.03. The number of benzene rings is 2. The third-order valence-electron chi connectivity index (χ3n) is 4.87. The summed E-state index contributed by atoms with van der Waals surface area (Å²) in [7, 11) is 2.15. The normalized spacial score (nSPS) is 14.6. The number of nitrogens with one attached hydrogen (secondary N) is 2. The topological polar surface area (TPSA) is 56.8 Å². The molecule has 2 N–H and O–H groups in total. The molecule has 0 saturated carbocycles. The van der Waals surface area contributed by atoms with Crippen molar-refractivity contribution >= 4 is 23.0 Å². The van der Waals surface area contributed by atoms with Crippen LogP contribution in [0.3, 0.4) is 0 Å². The number of hydrogen-bond donors (Lipinski definition) is 2. The van der Waals surface area contributed by atoms with E-state index in [1.807, 2.05) is 43.3 Å². The van der Waals surface area contributed by atoms with Gasteiger partial charge in [0.25, 0.3) is 0 Å². The molecule has 2 aromatic carbocycles. The molecule has 3 rings (SSSR count). The SMILES string of the molecule is CCOc1ccc(NCCC(=O)Nc2ccc(N3CCN(C)CC3)cc2)cc1. The van der Waals surface area contributed by atoms with E-state index in [2.05, 4.69) is 39.6 Å². The molecule has 1 fully saturated rings. The Bertz CT molecular complexity index is 738. The van der Waals surface area contributed by atoms with Gasteiger partial charge in [-0.15, -0.1) is 0 Å². The Labute approximate surface area is 167 Å². The van der Waals surface area contributed by atoms with E-state index in [1.54, 1.807) is 0 Å². The lowest BCUT2D eigenvalue weighted by molar-refractivity contribution is -0.115. The van der Waals surface area contributed by atoms with E-state index in [1.165, 1.54) is 5.69 Å². The molecule has 6 nitrogen and oxygen atoms in total. The molecule has 28 heavy (non-hydrogen) atoms. The molecule has 0 atom stereocenters. The molecule has 0 aliphatic carbocycles. The van der Waals surface area contributed by atoms with E-state index < -0.39 is 0 Å². The van der Waals surface area contributed by atoms with Crippen LogP contribution in [0, 0.1) is 0 Å². The van der Waals surface area contributed by atoms with Crippen LogP contribution >= 0.6 is 0 Å². The predicted octanol–water partition coefficient (Wildman–Crippen LogP) is 3.28. The van der Waals surface area contributed by atoms with Gasteiger partial charge in [0.1, 0.15) is 5.75 Å². The molecule has 0 bridgehead atoms. The van der Waals surface area contributed by atoms with Gasteiger partial charge in [0.15, 0.2) is 0 Å². The fraction of sp³-hybridized carbons (Fsp3) is 0.409. The highest BCUT2D eigenvalue weighted by molar-refractivity contribution is 5.91. The van der Waals surface area contributed by atoms with Gasteiger partial charge in [0.2, 0.25) is 5.91 Å². The fourth-order valence-electron chi connectivity index (χ4n) is 3.20. The van der Waals surface area contributed by atoms with E-state index in [-0.39, 0.29) is 5.91 Å². The Morgan fingerprint density at radius 3 is 2.25 bits per heavy atom. The Balaban J connectivity index is 1.40. The van der Waals surface area contributed by atoms with E-state index in [4.69, 9.17) is 4.74 Å². The first-order valence-corrected chi connectivity index (χ1v) is 9.94. The van der Waals surface area contributed by atoms with E-state index in [9.17, 15) is 4.79 Å². The molecular formula is C22H30N4O2. The predicted molar refractivity (Wildman–Crippen MR) is 115 cm³/mol. The van der Waals surface area contributed by atoms with Crippen molar-refractivity contribution < 1.29 is 9.53 Å². The summed E-state index contributed by atoms with van der Waals surface area (Å²) in [6.07, 6.45) is 0.410. The second kappa shape index (κ2) is 9.99. The summed E-state index contributed by atoms with van der Waals surface area (Å²) < 4.78 is 5.42. The van der Waals surface area contributed by atoms with Gasteiger partial charge in [0.05, 0.1) is 6.61 Å². The number of piperazine rings is 1. The van der Waals surface area contributed by atoms with Crippen LogP contribution in [0.5, 0.6) is 5.75 Å². The highest BCUT2D eigenvalue weighted by Crippen LogP contribution is 2.19. The van der Waals surface area contributed by atoms with Crippen LogP contribution in [-0.2, 0) is 4.79 Å². The zero-order chi connectivity index (χ0) is 19.8. The van der Waals surface area contributed by atoms with Gasteiger partial charge < -0.3 is 25.2 Å². The first-order valence-electron chi connectivity index (χ1n) is 9.94. The van der Waals surface area contributed by atoms with Crippen LogP contribution in [0.25, 0.3) is 0 Å². The zero-order valence-electron chi connectivity index (χ0n) is 16.8. The molecule has 0 radical (unpaired) electrons. The van der Waals surface area contributed by atoms with Crippen molar-refractivity contribution in [3.05, 3.63) is 48.5 Å². The number of anilines is 3. The van der Waals surface area contributed by atoms with Crippen molar-refractivity contribution in [1.82, 2.24) is 4.90 Å². The number of carbonyl (C=O) groups is 1. The molecule has 1 aliphatic heterocycles. The maximum atomic E-state index is 12.2. The number of likely N-dealkylation sites (N-methyl/N-ethyl adjacent to an activating group) is 1. The van der Waals surface area contributed by atoms with Crippen molar-refractivity contribution in [3.63, 3.8) is 0 Å². The second-order valence-electron chi connectivity index (χ2n) is 7.02. The maximum absolute atomic E-state index is 12.2. The molecule has 1 saturated heterocycles. The van der Waals surface area contributed by atoms with Gasteiger partial charge in [0, 0.05) is 56.2 Å². The number of rotatable bonds is 8. The average molecular weight is 383 g/mol. The Kier molecular flexibility index (Phi) is 7.14. The van der Waals surface area contributed by atoms with Crippen molar-refractivity contribution in [2.45, 2.75) is 13.3 Å². The molecule has 0 aromatic heterocycles. The van der Waals surface area contributed by atoms with Gasteiger partial charge in [-0.1, -0.05) is 0 Å². The standard InChI is InChI=1S/C22H30N4O2/c1-3-28-21-10-6-18(7-11-21)23-13-12-22(27)24-19-4-8-20(9-5-19)26-16-14-25(2)15-17-26/h4-11,23H,3,12-17H2,1-2H3,(H,24,27). The summed E-state index contributed by atoms with van der Waals surface area (Å²) in [5, 5.41) is 6.22.